The van der Waals surface area contributed by atoms with Gasteiger partial charge in [-0.1, -0.05) is 29.8 Å². The first-order chi connectivity index (χ1) is 8.69. The smallest absolute Gasteiger partial charge is 0.134 e. The number of aryl methyl sites for hydroxylation is 1. The second-order valence-electron chi connectivity index (χ2n) is 4.07. The van der Waals surface area contributed by atoms with Gasteiger partial charge in [0.05, 0.1) is 11.6 Å². The summed E-state index contributed by atoms with van der Waals surface area (Å²) in [7, 11) is 1.65. The molecule has 0 amide bonds. The lowest BCUT2D eigenvalue weighted by atomic mass is 10.2. The molecule has 2 aromatic rings. The zero-order valence-electron chi connectivity index (χ0n) is 10.4. The molecular weight excluding hydrogens is 292 g/mol. The highest BCUT2D eigenvalue weighted by Crippen LogP contribution is 2.29. The molecule has 0 N–H and O–H groups in total. The molecule has 0 aliphatic rings. The number of hydrogen-bond donors (Lipinski definition) is 0. The Kier molecular flexibility index (Phi) is 4.26. The van der Waals surface area contributed by atoms with Gasteiger partial charge in [0.2, 0.25) is 0 Å². The van der Waals surface area contributed by atoms with Crippen LogP contribution in [-0.4, -0.2) is 7.11 Å². The Morgan fingerprint density at radius 3 is 2.39 bits per heavy atom. The van der Waals surface area contributed by atoms with Crippen molar-refractivity contribution in [3.63, 3.8) is 0 Å². The summed E-state index contributed by atoms with van der Waals surface area (Å²) >= 11 is 3.47. The average Bonchev–Trinajstić information content (AvgIpc) is 2.39. The maximum absolute atomic E-state index is 5.76. The molecule has 0 spiro atoms. The van der Waals surface area contributed by atoms with Gasteiger partial charge in [0.1, 0.15) is 18.1 Å². The highest BCUT2D eigenvalue weighted by Gasteiger charge is 2.03. The van der Waals surface area contributed by atoms with Crippen molar-refractivity contribution in [3.8, 4) is 11.5 Å². The molecule has 0 radical (unpaired) electrons. The molecular formula is C15H15BrO2. The number of methoxy groups -OCH3 is 1. The molecule has 0 atom stereocenters. The third kappa shape index (κ3) is 3.26. The Morgan fingerprint density at radius 2 is 1.78 bits per heavy atom. The normalized spacial score (nSPS) is 10.2. The first kappa shape index (κ1) is 13.0. The van der Waals surface area contributed by atoms with E-state index in [4.69, 9.17) is 9.47 Å². The lowest BCUT2D eigenvalue weighted by Gasteiger charge is -2.09. The first-order valence-electron chi connectivity index (χ1n) is 5.71. The summed E-state index contributed by atoms with van der Waals surface area (Å²) in [5.74, 6) is 1.63. The van der Waals surface area contributed by atoms with Crippen LogP contribution in [0.5, 0.6) is 11.5 Å². The van der Waals surface area contributed by atoms with Crippen molar-refractivity contribution in [2.24, 2.45) is 0 Å². The predicted octanol–water partition coefficient (Wildman–Crippen LogP) is 4.35. The van der Waals surface area contributed by atoms with E-state index in [0.29, 0.717) is 6.61 Å². The molecule has 0 fully saturated rings. The van der Waals surface area contributed by atoms with Gasteiger partial charge in [0.15, 0.2) is 0 Å². The molecule has 2 nitrogen and oxygen atoms in total. The van der Waals surface area contributed by atoms with Crippen molar-refractivity contribution in [1.82, 2.24) is 0 Å². The second kappa shape index (κ2) is 5.91. The van der Waals surface area contributed by atoms with Crippen molar-refractivity contribution in [2.45, 2.75) is 13.5 Å². The van der Waals surface area contributed by atoms with E-state index in [0.717, 1.165) is 21.5 Å². The number of rotatable bonds is 4. The van der Waals surface area contributed by atoms with Crippen molar-refractivity contribution in [1.29, 1.82) is 0 Å². The van der Waals surface area contributed by atoms with Gasteiger partial charge in [-0.25, -0.2) is 0 Å². The first-order valence-corrected chi connectivity index (χ1v) is 6.50. The highest BCUT2D eigenvalue weighted by atomic mass is 79.9. The minimum Gasteiger partial charge on any atom is -0.497 e. The number of ether oxygens (including phenoxy) is 2. The molecule has 0 aromatic heterocycles. The van der Waals surface area contributed by atoms with E-state index in [1.165, 1.54) is 5.56 Å². The minimum atomic E-state index is 0.561. The number of halogens is 1. The Morgan fingerprint density at radius 1 is 1.06 bits per heavy atom. The summed E-state index contributed by atoms with van der Waals surface area (Å²) in [6, 6.07) is 14.0. The minimum absolute atomic E-state index is 0.561. The van der Waals surface area contributed by atoms with Crippen LogP contribution in [0.1, 0.15) is 11.1 Å². The SMILES string of the molecule is COc1ccc(OCc2ccc(C)cc2)c(Br)c1. The summed E-state index contributed by atoms with van der Waals surface area (Å²) < 4.78 is 11.8. The monoisotopic (exact) mass is 306 g/mol. The molecule has 0 saturated heterocycles. The van der Waals surface area contributed by atoms with E-state index in [-0.39, 0.29) is 0 Å². The second-order valence-corrected chi connectivity index (χ2v) is 4.92. The van der Waals surface area contributed by atoms with Crippen LogP contribution in [0.3, 0.4) is 0 Å². The molecule has 0 bridgehead atoms. The molecule has 0 heterocycles. The molecule has 94 valence electrons. The molecule has 18 heavy (non-hydrogen) atoms. The highest BCUT2D eigenvalue weighted by molar-refractivity contribution is 9.10. The molecule has 2 aromatic carbocycles. The van der Waals surface area contributed by atoms with Gasteiger partial charge in [0, 0.05) is 0 Å². The number of benzene rings is 2. The van der Waals surface area contributed by atoms with Crippen LogP contribution < -0.4 is 9.47 Å². The zero-order chi connectivity index (χ0) is 13.0. The fraction of sp³-hybridized carbons (Fsp3) is 0.200. The van der Waals surface area contributed by atoms with E-state index in [1.807, 2.05) is 18.2 Å². The third-order valence-corrected chi connectivity index (χ3v) is 3.27. The lowest BCUT2D eigenvalue weighted by molar-refractivity contribution is 0.303. The largest absolute Gasteiger partial charge is 0.497 e. The molecule has 0 unspecified atom stereocenters. The van der Waals surface area contributed by atoms with Gasteiger partial charge in [-0.2, -0.15) is 0 Å². The fourth-order valence-electron chi connectivity index (χ4n) is 1.57. The molecule has 0 aliphatic heterocycles. The summed E-state index contributed by atoms with van der Waals surface area (Å²) in [6.45, 7) is 2.63. The van der Waals surface area contributed by atoms with Crippen molar-refractivity contribution in [3.05, 3.63) is 58.1 Å². The van der Waals surface area contributed by atoms with Crippen LogP contribution in [0.4, 0.5) is 0 Å². The van der Waals surface area contributed by atoms with Crippen molar-refractivity contribution >= 4 is 15.9 Å². The molecule has 0 saturated carbocycles. The Bertz CT molecular complexity index is 521. The quantitative estimate of drug-likeness (QED) is 0.836. The van der Waals surface area contributed by atoms with E-state index in [2.05, 4.69) is 47.1 Å². The van der Waals surface area contributed by atoms with Gasteiger partial charge in [-0.3, -0.25) is 0 Å². The maximum atomic E-state index is 5.76. The van der Waals surface area contributed by atoms with E-state index < -0.39 is 0 Å². The van der Waals surface area contributed by atoms with E-state index >= 15 is 0 Å². The van der Waals surface area contributed by atoms with Gasteiger partial charge < -0.3 is 9.47 Å². The van der Waals surface area contributed by atoms with Crippen LogP contribution in [0, 0.1) is 6.92 Å². The van der Waals surface area contributed by atoms with Gasteiger partial charge in [0.25, 0.3) is 0 Å². The number of hydrogen-bond acceptors (Lipinski definition) is 2. The van der Waals surface area contributed by atoms with Crippen LogP contribution >= 0.6 is 15.9 Å². The fourth-order valence-corrected chi connectivity index (χ4v) is 2.04. The summed E-state index contributed by atoms with van der Waals surface area (Å²) in [6.07, 6.45) is 0. The Hall–Kier alpha value is -1.48. The van der Waals surface area contributed by atoms with Crippen molar-refractivity contribution in [2.75, 3.05) is 7.11 Å². The maximum Gasteiger partial charge on any atom is 0.134 e. The topological polar surface area (TPSA) is 18.5 Å². The van der Waals surface area contributed by atoms with Crippen LogP contribution in [0.25, 0.3) is 0 Å². The van der Waals surface area contributed by atoms with E-state index in [1.54, 1.807) is 7.11 Å². The van der Waals surface area contributed by atoms with Gasteiger partial charge >= 0.3 is 0 Å². The Balaban J connectivity index is 2.04. The Labute approximate surface area is 116 Å². The van der Waals surface area contributed by atoms with Crippen molar-refractivity contribution < 1.29 is 9.47 Å². The van der Waals surface area contributed by atoms with Gasteiger partial charge in [-0.05, 0) is 46.6 Å². The molecule has 2 rings (SSSR count). The summed E-state index contributed by atoms with van der Waals surface area (Å²) in [4.78, 5) is 0. The van der Waals surface area contributed by atoms with Gasteiger partial charge in [-0.15, -0.1) is 0 Å². The van der Waals surface area contributed by atoms with E-state index in [9.17, 15) is 0 Å². The molecule has 3 heteroatoms. The third-order valence-electron chi connectivity index (χ3n) is 2.65. The van der Waals surface area contributed by atoms with Crippen LogP contribution in [0.2, 0.25) is 0 Å². The predicted molar refractivity (Wildman–Crippen MR) is 76.2 cm³/mol. The standard InChI is InChI=1S/C15H15BrO2/c1-11-3-5-12(6-4-11)10-18-15-8-7-13(17-2)9-14(15)16/h3-9H,10H2,1-2H3. The lowest BCUT2D eigenvalue weighted by Crippen LogP contribution is -1.96. The summed E-state index contributed by atoms with van der Waals surface area (Å²) in [5, 5.41) is 0. The zero-order valence-corrected chi connectivity index (χ0v) is 12.0. The van der Waals surface area contributed by atoms with Crippen LogP contribution in [-0.2, 0) is 6.61 Å². The summed E-state index contributed by atoms with van der Waals surface area (Å²) in [5.41, 5.74) is 2.41. The molecule has 0 aliphatic carbocycles. The average molecular weight is 307 g/mol. The van der Waals surface area contributed by atoms with Crippen LogP contribution in [0.15, 0.2) is 46.9 Å².